The zero-order valence-corrected chi connectivity index (χ0v) is 14.5. The molecule has 4 heteroatoms. The SMILES string of the molecule is CCCCCCCOc1cccn(Cc2ccc(CN)cc2)c1=O. The third kappa shape index (κ3) is 5.53. The van der Waals surface area contributed by atoms with Crippen LogP contribution < -0.4 is 16.0 Å². The Morgan fingerprint density at radius 1 is 1.00 bits per heavy atom. The number of rotatable bonds is 10. The van der Waals surface area contributed by atoms with Crippen LogP contribution in [0.5, 0.6) is 5.75 Å². The van der Waals surface area contributed by atoms with Gasteiger partial charge in [-0.1, -0.05) is 56.9 Å². The summed E-state index contributed by atoms with van der Waals surface area (Å²) in [4.78, 5) is 12.5. The fourth-order valence-corrected chi connectivity index (χ4v) is 2.61. The quantitative estimate of drug-likeness (QED) is 0.677. The Morgan fingerprint density at radius 2 is 1.71 bits per heavy atom. The molecule has 2 N–H and O–H groups in total. The lowest BCUT2D eigenvalue weighted by atomic mass is 10.1. The van der Waals surface area contributed by atoms with Gasteiger partial charge in [0, 0.05) is 12.7 Å². The minimum atomic E-state index is -0.0750. The van der Waals surface area contributed by atoms with Crippen LogP contribution in [0.2, 0.25) is 0 Å². The van der Waals surface area contributed by atoms with Crippen LogP contribution in [-0.2, 0) is 13.1 Å². The van der Waals surface area contributed by atoms with Gasteiger partial charge in [-0.3, -0.25) is 4.79 Å². The van der Waals surface area contributed by atoms with E-state index < -0.39 is 0 Å². The van der Waals surface area contributed by atoms with E-state index >= 15 is 0 Å². The number of ether oxygens (including phenoxy) is 1. The van der Waals surface area contributed by atoms with E-state index in [4.69, 9.17) is 10.5 Å². The molecule has 0 bridgehead atoms. The monoisotopic (exact) mass is 328 g/mol. The first kappa shape index (κ1) is 18.3. The summed E-state index contributed by atoms with van der Waals surface area (Å²) in [5.41, 5.74) is 7.70. The minimum absolute atomic E-state index is 0.0750. The molecule has 24 heavy (non-hydrogen) atoms. The van der Waals surface area contributed by atoms with E-state index in [2.05, 4.69) is 6.92 Å². The molecule has 2 aromatic rings. The zero-order valence-electron chi connectivity index (χ0n) is 14.5. The van der Waals surface area contributed by atoms with Crippen molar-refractivity contribution in [3.05, 3.63) is 64.1 Å². The van der Waals surface area contributed by atoms with Gasteiger partial charge < -0.3 is 15.0 Å². The van der Waals surface area contributed by atoms with Crippen molar-refractivity contribution in [1.29, 1.82) is 0 Å². The van der Waals surface area contributed by atoms with Gasteiger partial charge in [0.05, 0.1) is 13.2 Å². The summed E-state index contributed by atoms with van der Waals surface area (Å²) >= 11 is 0. The lowest BCUT2D eigenvalue weighted by molar-refractivity contribution is 0.298. The zero-order chi connectivity index (χ0) is 17.2. The Hall–Kier alpha value is -2.07. The third-order valence-corrected chi connectivity index (χ3v) is 4.10. The van der Waals surface area contributed by atoms with Gasteiger partial charge in [-0.05, 0) is 29.7 Å². The molecule has 1 aromatic heterocycles. The standard InChI is InChI=1S/C20H28N2O2/c1-2-3-4-5-6-14-24-19-8-7-13-22(20(19)23)16-18-11-9-17(15-21)10-12-18/h7-13H,2-6,14-16,21H2,1H3. The van der Waals surface area contributed by atoms with Gasteiger partial charge >= 0.3 is 0 Å². The molecular formula is C20H28N2O2. The molecule has 1 aromatic carbocycles. The molecular weight excluding hydrogens is 300 g/mol. The van der Waals surface area contributed by atoms with Gasteiger partial charge in [0.15, 0.2) is 5.75 Å². The molecule has 2 rings (SSSR count). The van der Waals surface area contributed by atoms with Gasteiger partial charge in [0.2, 0.25) is 0 Å². The van der Waals surface area contributed by atoms with E-state index in [1.54, 1.807) is 16.8 Å². The average molecular weight is 328 g/mol. The fraction of sp³-hybridized carbons (Fsp3) is 0.450. The van der Waals surface area contributed by atoms with Gasteiger partial charge in [0.25, 0.3) is 5.56 Å². The van der Waals surface area contributed by atoms with Gasteiger partial charge in [0.1, 0.15) is 0 Å². The van der Waals surface area contributed by atoms with Crippen LogP contribution in [0.1, 0.15) is 50.2 Å². The molecule has 0 saturated carbocycles. The molecule has 1 heterocycles. The Labute approximate surface area is 144 Å². The molecule has 0 saturated heterocycles. The second-order valence-corrected chi connectivity index (χ2v) is 6.09. The highest BCUT2D eigenvalue weighted by molar-refractivity contribution is 5.24. The summed E-state index contributed by atoms with van der Waals surface area (Å²) in [6.07, 6.45) is 7.68. The van der Waals surface area contributed by atoms with Crippen molar-refractivity contribution in [1.82, 2.24) is 4.57 Å². The Kier molecular flexibility index (Phi) is 7.56. The molecule has 0 aliphatic rings. The largest absolute Gasteiger partial charge is 0.488 e. The number of unbranched alkanes of at least 4 members (excludes halogenated alkanes) is 4. The molecule has 0 radical (unpaired) electrons. The van der Waals surface area contributed by atoms with Crippen LogP contribution in [-0.4, -0.2) is 11.2 Å². The number of hydrogen-bond donors (Lipinski definition) is 1. The summed E-state index contributed by atoms with van der Waals surface area (Å²) < 4.78 is 7.37. The first-order valence-corrected chi connectivity index (χ1v) is 8.84. The first-order valence-electron chi connectivity index (χ1n) is 8.84. The van der Waals surface area contributed by atoms with Crippen LogP contribution in [0.3, 0.4) is 0 Å². The number of aromatic nitrogens is 1. The van der Waals surface area contributed by atoms with E-state index in [0.29, 0.717) is 25.4 Å². The van der Waals surface area contributed by atoms with E-state index in [1.165, 1.54) is 19.3 Å². The van der Waals surface area contributed by atoms with Gasteiger partial charge in [-0.15, -0.1) is 0 Å². The van der Waals surface area contributed by atoms with Crippen LogP contribution in [0.25, 0.3) is 0 Å². The second kappa shape index (κ2) is 9.93. The predicted octanol–water partition coefficient (Wildman–Crippen LogP) is 3.70. The number of benzene rings is 1. The molecule has 0 fully saturated rings. The summed E-state index contributed by atoms with van der Waals surface area (Å²) in [5, 5.41) is 0. The summed E-state index contributed by atoms with van der Waals surface area (Å²) in [6.45, 7) is 3.87. The van der Waals surface area contributed by atoms with E-state index in [1.807, 2.05) is 30.3 Å². The predicted molar refractivity (Wildman–Crippen MR) is 98.4 cm³/mol. The van der Waals surface area contributed by atoms with Crippen molar-refractivity contribution < 1.29 is 4.74 Å². The number of hydrogen-bond acceptors (Lipinski definition) is 3. The Balaban J connectivity index is 1.93. The topological polar surface area (TPSA) is 57.2 Å². The average Bonchev–Trinajstić information content (AvgIpc) is 2.61. The van der Waals surface area contributed by atoms with Crippen molar-refractivity contribution in [2.45, 2.75) is 52.1 Å². The highest BCUT2D eigenvalue weighted by Gasteiger charge is 2.05. The maximum atomic E-state index is 12.5. The van der Waals surface area contributed by atoms with E-state index in [-0.39, 0.29) is 5.56 Å². The smallest absolute Gasteiger partial charge is 0.293 e. The minimum Gasteiger partial charge on any atom is -0.488 e. The van der Waals surface area contributed by atoms with E-state index in [0.717, 1.165) is 24.0 Å². The highest BCUT2D eigenvalue weighted by atomic mass is 16.5. The van der Waals surface area contributed by atoms with Crippen LogP contribution in [0.15, 0.2) is 47.4 Å². The molecule has 0 unspecified atom stereocenters. The number of nitrogens with zero attached hydrogens (tertiary/aromatic N) is 1. The maximum Gasteiger partial charge on any atom is 0.293 e. The second-order valence-electron chi connectivity index (χ2n) is 6.09. The maximum absolute atomic E-state index is 12.5. The Morgan fingerprint density at radius 3 is 2.42 bits per heavy atom. The molecule has 0 aliphatic carbocycles. The van der Waals surface area contributed by atoms with Crippen LogP contribution >= 0.6 is 0 Å². The van der Waals surface area contributed by atoms with E-state index in [9.17, 15) is 4.79 Å². The van der Waals surface area contributed by atoms with Crippen molar-refractivity contribution in [2.24, 2.45) is 5.73 Å². The summed E-state index contributed by atoms with van der Waals surface area (Å²) in [6, 6.07) is 11.6. The first-order chi connectivity index (χ1) is 11.7. The molecule has 130 valence electrons. The highest BCUT2D eigenvalue weighted by Crippen LogP contribution is 2.09. The summed E-state index contributed by atoms with van der Waals surface area (Å²) in [5.74, 6) is 0.437. The molecule has 0 atom stereocenters. The van der Waals surface area contributed by atoms with Crippen molar-refractivity contribution in [2.75, 3.05) is 6.61 Å². The lowest BCUT2D eigenvalue weighted by Crippen LogP contribution is -2.22. The molecule has 4 nitrogen and oxygen atoms in total. The molecule has 0 amide bonds. The normalized spacial score (nSPS) is 10.8. The number of pyridine rings is 1. The summed E-state index contributed by atoms with van der Waals surface area (Å²) in [7, 11) is 0. The van der Waals surface area contributed by atoms with Crippen LogP contribution in [0.4, 0.5) is 0 Å². The number of nitrogens with two attached hydrogens (primary N) is 1. The van der Waals surface area contributed by atoms with Crippen LogP contribution in [0, 0.1) is 0 Å². The fourth-order valence-electron chi connectivity index (χ4n) is 2.61. The lowest BCUT2D eigenvalue weighted by Gasteiger charge is -2.10. The van der Waals surface area contributed by atoms with Gasteiger partial charge in [-0.25, -0.2) is 0 Å². The van der Waals surface area contributed by atoms with Crippen molar-refractivity contribution in [3.63, 3.8) is 0 Å². The van der Waals surface area contributed by atoms with Crippen molar-refractivity contribution in [3.8, 4) is 5.75 Å². The van der Waals surface area contributed by atoms with Gasteiger partial charge in [-0.2, -0.15) is 0 Å². The molecule has 0 aliphatic heterocycles. The third-order valence-electron chi connectivity index (χ3n) is 4.10. The van der Waals surface area contributed by atoms with Crippen molar-refractivity contribution >= 4 is 0 Å². The Bertz CT molecular complexity index is 662. The molecule has 0 spiro atoms.